The minimum absolute atomic E-state index is 0.0581. The molecule has 1 N–H and O–H groups in total. The Morgan fingerprint density at radius 3 is 2.68 bits per heavy atom. The maximum Gasteiger partial charge on any atom is 0.419 e. The van der Waals surface area contributed by atoms with Gasteiger partial charge in [0.15, 0.2) is 5.58 Å². The number of fused-ring (bicyclic) bond motifs is 1. The fourth-order valence-electron chi connectivity index (χ4n) is 3.08. The topological polar surface area (TPSA) is 67.5 Å². The van der Waals surface area contributed by atoms with E-state index in [0.717, 1.165) is 5.56 Å². The molecule has 0 aliphatic heterocycles. The molecule has 0 saturated carbocycles. The Labute approximate surface area is 172 Å². The van der Waals surface area contributed by atoms with E-state index in [1.807, 2.05) is 43.3 Å². The van der Waals surface area contributed by atoms with Gasteiger partial charge < -0.3 is 14.6 Å². The molecule has 8 heteroatoms. The Kier molecular flexibility index (Phi) is 6.44. The van der Waals surface area contributed by atoms with E-state index in [2.05, 4.69) is 5.32 Å². The standard InChI is InChI=1S/C20H21Cl2N3O3/c1-24(2)17(14-5-3-4-6-15(14)22)12-23-19(26)9-10-25-16-8-7-13(21)11-18(16)28-20(25)27/h3-8,11,17H,9-10,12H2,1-2H3,(H,23,26). The van der Waals surface area contributed by atoms with Crippen LogP contribution in [0.3, 0.4) is 0 Å². The van der Waals surface area contributed by atoms with Gasteiger partial charge in [-0.1, -0.05) is 41.4 Å². The van der Waals surface area contributed by atoms with Crippen molar-refractivity contribution in [2.75, 3.05) is 20.6 Å². The summed E-state index contributed by atoms with van der Waals surface area (Å²) in [5.74, 6) is -0.665. The Hall–Kier alpha value is -2.28. The summed E-state index contributed by atoms with van der Waals surface area (Å²) >= 11 is 12.2. The lowest BCUT2D eigenvalue weighted by Gasteiger charge is -2.26. The molecule has 148 valence electrons. The number of benzene rings is 2. The zero-order valence-electron chi connectivity index (χ0n) is 15.6. The lowest BCUT2D eigenvalue weighted by atomic mass is 10.1. The molecule has 1 amide bonds. The largest absolute Gasteiger partial charge is 0.419 e. The number of nitrogens with one attached hydrogen (secondary N) is 1. The highest BCUT2D eigenvalue weighted by molar-refractivity contribution is 6.31. The molecule has 1 atom stereocenters. The number of aromatic nitrogens is 1. The van der Waals surface area contributed by atoms with Gasteiger partial charge in [-0.15, -0.1) is 0 Å². The Bertz CT molecular complexity index is 1040. The van der Waals surface area contributed by atoms with Crippen molar-refractivity contribution < 1.29 is 9.21 Å². The summed E-state index contributed by atoms with van der Waals surface area (Å²) in [6.45, 7) is 0.629. The van der Waals surface area contributed by atoms with Crippen LogP contribution in [0.4, 0.5) is 0 Å². The van der Waals surface area contributed by atoms with Crippen LogP contribution in [0.2, 0.25) is 10.0 Å². The normalized spacial score (nSPS) is 12.5. The molecule has 0 aliphatic carbocycles. The van der Waals surface area contributed by atoms with Gasteiger partial charge in [0.05, 0.1) is 11.6 Å². The number of aryl methyl sites for hydroxylation is 1. The van der Waals surface area contributed by atoms with E-state index in [1.54, 1.807) is 18.2 Å². The number of oxazole rings is 1. The van der Waals surface area contributed by atoms with Crippen molar-refractivity contribution >= 4 is 40.2 Å². The molecule has 1 heterocycles. The maximum atomic E-state index is 12.4. The van der Waals surface area contributed by atoms with Crippen molar-refractivity contribution in [3.05, 3.63) is 68.6 Å². The molecule has 0 saturated heterocycles. The molecule has 1 unspecified atom stereocenters. The molecule has 2 aromatic carbocycles. The fourth-order valence-corrected chi connectivity index (χ4v) is 3.50. The van der Waals surface area contributed by atoms with Crippen LogP contribution in [0, 0.1) is 0 Å². The van der Waals surface area contributed by atoms with Crippen LogP contribution in [0.15, 0.2) is 51.7 Å². The predicted molar refractivity (Wildman–Crippen MR) is 111 cm³/mol. The SMILES string of the molecule is CN(C)C(CNC(=O)CCn1c(=O)oc2cc(Cl)ccc21)c1ccccc1Cl. The summed E-state index contributed by atoms with van der Waals surface area (Å²) in [6.07, 6.45) is 0.153. The molecule has 0 spiro atoms. The Morgan fingerprint density at radius 1 is 1.21 bits per heavy atom. The van der Waals surface area contributed by atoms with Crippen molar-refractivity contribution in [2.24, 2.45) is 0 Å². The van der Waals surface area contributed by atoms with Crippen molar-refractivity contribution in [1.29, 1.82) is 0 Å². The van der Waals surface area contributed by atoms with E-state index >= 15 is 0 Å². The summed E-state index contributed by atoms with van der Waals surface area (Å²) in [5.41, 5.74) is 1.97. The van der Waals surface area contributed by atoms with E-state index in [9.17, 15) is 9.59 Å². The first-order valence-corrected chi connectivity index (χ1v) is 9.59. The third-order valence-corrected chi connectivity index (χ3v) is 5.15. The van der Waals surface area contributed by atoms with Gasteiger partial charge in [-0.3, -0.25) is 9.36 Å². The molecule has 0 radical (unpaired) electrons. The van der Waals surface area contributed by atoms with E-state index in [4.69, 9.17) is 27.6 Å². The van der Waals surface area contributed by atoms with Crippen LogP contribution in [-0.2, 0) is 11.3 Å². The minimum Gasteiger partial charge on any atom is -0.408 e. The molecule has 0 bridgehead atoms. The lowest BCUT2D eigenvalue weighted by molar-refractivity contribution is -0.121. The molecule has 3 rings (SSSR count). The van der Waals surface area contributed by atoms with Crippen LogP contribution in [0.1, 0.15) is 18.0 Å². The first-order chi connectivity index (χ1) is 13.4. The quantitative estimate of drug-likeness (QED) is 0.631. The van der Waals surface area contributed by atoms with Gasteiger partial charge in [0, 0.05) is 35.6 Å². The molecule has 6 nitrogen and oxygen atoms in total. The average Bonchev–Trinajstić information content (AvgIpc) is 2.95. The van der Waals surface area contributed by atoms with Gasteiger partial charge >= 0.3 is 5.76 Å². The van der Waals surface area contributed by atoms with E-state index in [0.29, 0.717) is 27.7 Å². The van der Waals surface area contributed by atoms with Crippen molar-refractivity contribution in [1.82, 2.24) is 14.8 Å². The number of rotatable bonds is 7. The zero-order chi connectivity index (χ0) is 20.3. The summed E-state index contributed by atoms with van der Waals surface area (Å²) in [6, 6.07) is 12.5. The van der Waals surface area contributed by atoms with Crippen LogP contribution in [0.25, 0.3) is 11.1 Å². The minimum atomic E-state index is -0.507. The van der Waals surface area contributed by atoms with E-state index < -0.39 is 5.76 Å². The summed E-state index contributed by atoms with van der Waals surface area (Å²) in [7, 11) is 3.87. The number of hydrogen-bond acceptors (Lipinski definition) is 4. The highest BCUT2D eigenvalue weighted by Gasteiger charge is 2.18. The van der Waals surface area contributed by atoms with Crippen molar-refractivity contribution in [3.63, 3.8) is 0 Å². The van der Waals surface area contributed by atoms with Gasteiger partial charge in [-0.2, -0.15) is 0 Å². The first kappa shape index (κ1) is 20.5. The Morgan fingerprint density at radius 2 is 1.96 bits per heavy atom. The number of carbonyl (C=O) groups is 1. The van der Waals surface area contributed by atoms with Gasteiger partial charge in [0.25, 0.3) is 0 Å². The molecule has 0 aliphatic rings. The molecule has 1 aromatic heterocycles. The molecule has 0 fully saturated rings. The monoisotopic (exact) mass is 421 g/mol. The number of likely N-dealkylation sites (N-methyl/N-ethyl adjacent to an activating group) is 1. The zero-order valence-corrected chi connectivity index (χ0v) is 17.1. The predicted octanol–water partition coefficient (Wildman–Crippen LogP) is 3.71. The smallest absolute Gasteiger partial charge is 0.408 e. The number of halogens is 2. The highest BCUT2D eigenvalue weighted by Crippen LogP contribution is 2.25. The van der Waals surface area contributed by atoms with Crippen LogP contribution < -0.4 is 11.1 Å². The van der Waals surface area contributed by atoms with Crippen LogP contribution in [0.5, 0.6) is 0 Å². The third kappa shape index (κ3) is 4.58. The van der Waals surface area contributed by atoms with Gasteiger partial charge in [-0.05, 0) is 37.9 Å². The van der Waals surface area contributed by atoms with Gasteiger partial charge in [0.1, 0.15) is 0 Å². The number of carbonyl (C=O) groups excluding carboxylic acids is 1. The molecule has 3 aromatic rings. The van der Waals surface area contributed by atoms with Crippen LogP contribution in [-0.4, -0.2) is 36.0 Å². The maximum absolute atomic E-state index is 12.4. The van der Waals surface area contributed by atoms with E-state index in [-0.39, 0.29) is 24.9 Å². The second-order valence-electron chi connectivity index (χ2n) is 6.69. The number of nitrogens with zero attached hydrogens (tertiary/aromatic N) is 2. The summed E-state index contributed by atoms with van der Waals surface area (Å²) < 4.78 is 6.62. The second kappa shape index (κ2) is 8.82. The molecular weight excluding hydrogens is 401 g/mol. The van der Waals surface area contributed by atoms with Crippen LogP contribution >= 0.6 is 23.2 Å². The van der Waals surface area contributed by atoms with Gasteiger partial charge in [-0.25, -0.2) is 4.79 Å². The number of amides is 1. The lowest BCUT2D eigenvalue weighted by Crippen LogP contribution is -2.35. The fraction of sp³-hybridized carbons (Fsp3) is 0.300. The average molecular weight is 422 g/mol. The highest BCUT2D eigenvalue weighted by atomic mass is 35.5. The number of hydrogen-bond donors (Lipinski definition) is 1. The third-order valence-electron chi connectivity index (χ3n) is 4.57. The first-order valence-electron chi connectivity index (χ1n) is 8.83. The molecular formula is C20H21Cl2N3O3. The molecule has 28 heavy (non-hydrogen) atoms. The second-order valence-corrected chi connectivity index (χ2v) is 7.53. The summed E-state index contributed by atoms with van der Waals surface area (Å²) in [5, 5.41) is 4.07. The summed E-state index contributed by atoms with van der Waals surface area (Å²) in [4.78, 5) is 26.4. The van der Waals surface area contributed by atoms with Crippen molar-refractivity contribution in [2.45, 2.75) is 19.0 Å². The Balaban J connectivity index is 1.64. The van der Waals surface area contributed by atoms with Crippen molar-refractivity contribution in [3.8, 4) is 0 Å². The van der Waals surface area contributed by atoms with E-state index in [1.165, 1.54) is 4.57 Å². The van der Waals surface area contributed by atoms with Gasteiger partial charge in [0.2, 0.25) is 5.91 Å².